The van der Waals surface area contributed by atoms with Gasteiger partial charge in [-0.25, -0.2) is 0 Å². The van der Waals surface area contributed by atoms with Crippen molar-refractivity contribution in [3.63, 3.8) is 0 Å². The quantitative estimate of drug-likeness (QED) is 0.905. The summed E-state index contributed by atoms with van der Waals surface area (Å²) in [4.78, 5) is 0. The average Bonchev–Trinajstić information content (AvgIpc) is 3.27. The Labute approximate surface area is 124 Å². The summed E-state index contributed by atoms with van der Waals surface area (Å²) in [6.45, 7) is 0.902. The number of benzene rings is 2. The van der Waals surface area contributed by atoms with Crippen molar-refractivity contribution in [2.75, 3.05) is 11.9 Å². The molecule has 1 fully saturated rings. The fourth-order valence-corrected chi connectivity index (χ4v) is 2.72. The first kappa shape index (κ1) is 13.0. The molecule has 3 rings (SSSR count). The van der Waals surface area contributed by atoms with Crippen LogP contribution in [0.4, 0.5) is 5.69 Å². The number of hydrogen-bond acceptors (Lipinski definition) is 2. The summed E-state index contributed by atoms with van der Waals surface area (Å²) in [5, 5.41) is 12.8. The third-order valence-corrected chi connectivity index (χ3v) is 4.27. The number of nitriles is 1. The van der Waals surface area contributed by atoms with Crippen molar-refractivity contribution in [3.05, 3.63) is 64.7 Å². The van der Waals surface area contributed by atoms with Crippen molar-refractivity contribution >= 4 is 17.3 Å². The molecule has 1 aliphatic carbocycles. The third kappa shape index (κ3) is 2.50. The summed E-state index contributed by atoms with van der Waals surface area (Å²) in [5.41, 5.74) is 3.15. The zero-order chi connectivity index (χ0) is 14.0. The molecule has 20 heavy (non-hydrogen) atoms. The van der Waals surface area contributed by atoms with Crippen molar-refractivity contribution in [2.45, 2.75) is 18.3 Å². The zero-order valence-corrected chi connectivity index (χ0v) is 11.8. The fraction of sp³-hybridized carbons (Fsp3) is 0.235. The maximum absolute atomic E-state index is 8.87. The lowest BCUT2D eigenvalue weighted by Crippen LogP contribution is -2.19. The van der Waals surface area contributed by atoms with Gasteiger partial charge < -0.3 is 5.32 Å². The molecule has 2 aromatic carbocycles. The Morgan fingerprint density at radius 3 is 2.50 bits per heavy atom. The number of hydrogen-bond donors (Lipinski definition) is 1. The minimum atomic E-state index is 0.266. The Hall–Kier alpha value is -1.98. The smallest absolute Gasteiger partial charge is 0.101 e. The molecule has 2 aromatic rings. The first-order chi connectivity index (χ1) is 9.73. The highest BCUT2D eigenvalue weighted by molar-refractivity contribution is 6.32. The molecule has 0 atom stereocenters. The monoisotopic (exact) mass is 282 g/mol. The second-order valence-corrected chi connectivity index (χ2v) is 5.71. The van der Waals surface area contributed by atoms with E-state index in [1.54, 1.807) is 6.07 Å². The topological polar surface area (TPSA) is 35.8 Å². The molecule has 1 saturated carbocycles. The number of nitrogens with zero attached hydrogens (tertiary/aromatic N) is 1. The van der Waals surface area contributed by atoms with Crippen LogP contribution >= 0.6 is 11.6 Å². The minimum absolute atomic E-state index is 0.266. The number of anilines is 1. The highest BCUT2D eigenvalue weighted by atomic mass is 35.5. The fourth-order valence-electron chi connectivity index (χ4n) is 2.50. The number of nitrogens with one attached hydrogen (secondary N) is 1. The van der Waals surface area contributed by atoms with Crippen molar-refractivity contribution in [1.82, 2.24) is 0 Å². The first-order valence-corrected chi connectivity index (χ1v) is 7.10. The summed E-state index contributed by atoms with van der Waals surface area (Å²) in [6, 6.07) is 18.2. The lowest BCUT2D eigenvalue weighted by Gasteiger charge is -2.17. The van der Waals surface area contributed by atoms with Gasteiger partial charge in [-0.15, -0.1) is 0 Å². The molecule has 0 bridgehead atoms. The molecule has 0 aromatic heterocycles. The molecule has 0 aliphatic heterocycles. The standard InChI is InChI=1S/C17H15ClN2/c18-16-10-15(7-6-13(16)11-19)20-12-17(8-9-17)14-4-2-1-3-5-14/h1-7,10,20H,8-9,12H2. The lowest BCUT2D eigenvalue weighted by molar-refractivity contribution is 0.733. The molecule has 1 aliphatic rings. The largest absolute Gasteiger partial charge is 0.384 e. The van der Waals surface area contributed by atoms with Crippen LogP contribution in [0.15, 0.2) is 48.5 Å². The van der Waals surface area contributed by atoms with E-state index < -0.39 is 0 Å². The van der Waals surface area contributed by atoms with E-state index in [1.165, 1.54) is 18.4 Å². The SMILES string of the molecule is N#Cc1ccc(NCC2(c3ccccc3)CC2)cc1Cl. The molecule has 2 nitrogen and oxygen atoms in total. The second-order valence-electron chi connectivity index (χ2n) is 5.31. The van der Waals surface area contributed by atoms with E-state index >= 15 is 0 Å². The maximum atomic E-state index is 8.87. The predicted molar refractivity (Wildman–Crippen MR) is 82.0 cm³/mol. The van der Waals surface area contributed by atoms with Crippen LogP contribution < -0.4 is 5.32 Å². The molecule has 3 heteroatoms. The van der Waals surface area contributed by atoms with Gasteiger partial charge in [0.1, 0.15) is 6.07 Å². The Balaban J connectivity index is 1.71. The molecule has 0 saturated heterocycles. The van der Waals surface area contributed by atoms with Crippen LogP contribution in [-0.4, -0.2) is 6.54 Å². The van der Waals surface area contributed by atoms with Crippen molar-refractivity contribution in [2.24, 2.45) is 0 Å². The van der Waals surface area contributed by atoms with Gasteiger partial charge in [-0.3, -0.25) is 0 Å². The number of halogens is 1. The lowest BCUT2D eigenvalue weighted by atomic mass is 9.96. The summed E-state index contributed by atoms with van der Waals surface area (Å²) < 4.78 is 0. The van der Waals surface area contributed by atoms with Crippen LogP contribution in [0.2, 0.25) is 5.02 Å². The van der Waals surface area contributed by atoms with E-state index in [-0.39, 0.29) is 5.41 Å². The van der Waals surface area contributed by atoms with Crippen LogP contribution in [0, 0.1) is 11.3 Å². The van der Waals surface area contributed by atoms with E-state index in [4.69, 9.17) is 16.9 Å². The van der Waals surface area contributed by atoms with Gasteiger partial charge >= 0.3 is 0 Å². The van der Waals surface area contributed by atoms with Gasteiger partial charge in [-0.2, -0.15) is 5.26 Å². The molecule has 1 N–H and O–H groups in total. The van der Waals surface area contributed by atoms with Crippen molar-refractivity contribution in [1.29, 1.82) is 5.26 Å². The third-order valence-electron chi connectivity index (χ3n) is 3.96. The Bertz CT molecular complexity index is 654. The Morgan fingerprint density at radius 2 is 1.90 bits per heavy atom. The zero-order valence-electron chi connectivity index (χ0n) is 11.1. The van der Waals surface area contributed by atoms with E-state index in [9.17, 15) is 0 Å². The summed E-state index contributed by atoms with van der Waals surface area (Å²) in [7, 11) is 0. The first-order valence-electron chi connectivity index (χ1n) is 6.73. The molecule has 0 unspecified atom stereocenters. The van der Waals surface area contributed by atoms with Gasteiger partial charge in [0, 0.05) is 17.6 Å². The maximum Gasteiger partial charge on any atom is 0.101 e. The molecule has 0 spiro atoms. The normalized spacial score (nSPS) is 15.4. The van der Waals surface area contributed by atoms with E-state index in [2.05, 4.69) is 35.7 Å². The van der Waals surface area contributed by atoms with Crippen molar-refractivity contribution in [3.8, 4) is 6.07 Å². The molecule has 0 amide bonds. The average molecular weight is 283 g/mol. The van der Waals surface area contributed by atoms with Gasteiger partial charge in [-0.1, -0.05) is 41.9 Å². The van der Waals surface area contributed by atoms with Crippen LogP contribution in [-0.2, 0) is 5.41 Å². The van der Waals surface area contributed by atoms with Crippen LogP contribution in [0.3, 0.4) is 0 Å². The molecular weight excluding hydrogens is 268 g/mol. The Kier molecular flexibility index (Phi) is 3.38. The van der Waals surface area contributed by atoms with Crippen LogP contribution in [0.1, 0.15) is 24.0 Å². The van der Waals surface area contributed by atoms with Crippen molar-refractivity contribution < 1.29 is 0 Å². The van der Waals surface area contributed by atoms with Crippen LogP contribution in [0.5, 0.6) is 0 Å². The molecule has 0 radical (unpaired) electrons. The van der Waals surface area contributed by atoms with Gasteiger partial charge in [0.2, 0.25) is 0 Å². The summed E-state index contributed by atoms with van der Waals surface area (Å²) in [6.07, 6.45) is 2.43. The Morgan fingerprint density at radius 1 is 1.15 bits per heavy atom. The van der Waals surface area contributed by atoms with Gasteiger partial charge in [0.05, 0.1) is 10.6 Å². The van der Waals surface area contributed by atoms with Gasteiger partial charge in [0.15, 0.2) is 0 Å². The molecule has 0 heterocycles. The summed E-state index contributed by atoms with van der Waals surface area (Å²) >= 11 is 6.05. The van der Waals surface area contributed by atoms with E-state index in [0.29, 0.717) is 10.6 Å². The highest BCUT2D eigenvalue weighted by Crippen LogP contribution is 2.48. The van der Waals surface area contributed by atoms with E-state index in [1.807, 2.05) is 18.2 Å². The molecular formula is C17H15ClN2. The van der Waals surface area contributed by atoms with Gasteiger partial charge in [0.25, 0.3) is 0 Å². The molecule has 100 valence electrons. The second kappa shape index (κ2) is 5.19. The minimum Gasteiger partial charge on any atom is -0.384 e. The number of rotatable bonds is 4. The predicted octanol–water partition coefficient (Wildman–Crippen LogP) is 4.36. The van der Waals surface area contributed by atoms with Crippen LogP contribution in [0.25, 0.3) is 0 Å². The van der Waals surface area contributed by atoms with Gasteiger partial charge in [-0.05, 0) is 36.6 Å². The van der Waals surface area contributed by atoms with E-state index in [0.717, 1.165) is 12.2 Å². The summed E-state index contributed by atoms with van der Waals surface area (Å²) in [5.74, 6) is 0. The highest BCUT2D eigenvalue weighted by Gasteiger charge is 2.43.